The molecular weight excluding hydrogens is 224 g/mol. The minimum Gasteiger partial charge on any atom is -0.444 e. The van der Waals surface area contributed by atoms with E-state index in [1.807, 2.05) is 20.8 Å². The number of hydrogen-bond donors (Lipinski definition) is 1. The quantitative estimate of drug-likeness (QED) is 0.611. The van der Waals surface area contributed by atoms with Crippen LogP contribution in [0.1, 0.15) is 41.5 Å². The Bertz CT molecular complexity index is 289. The second kappa shape index (κ2) is 5.33. The average molecular weight is 246 g/mol. The summed E-state index contributed by atoms with van der Waals surface area (Å²) in [6.45, 7) is 10.4. The molecule has 1 N–H and O–H groups in total. The molecule has 0 aliphatic carbocycles. The third kappa shape index (κ3) is 7.54. The standard InChI is InChI=1S/C11H22N2O4/c1-10(2,3)8(7-13(15)16)12-9(14)17-11(4,5)6/h8H,7H2,1-6H3,(H,12,14). The summed E-state index contributed by atoms with van der Waals surface area (Å²) >= 11 is 0. The van der Waals surface area contributed by atoms with E-state index in [1.54, 1.807) is 20.8 Å². The highest BCUT2D eigenvalue weighted by Gasteiger charge is 2.32. The van der Waals surface area contributed by atoms with Crippen molar-refractivity contribution >= 4 is 6.09 Å². The lowest BCUT2D eigenvalue weighted by molar-refractivity contribution is -0.486. The van der Waals surface area contributed by atoms with E-state index >= 15 is 0 Å². The topological polar surface area (TPSA) is 81.5 Å². The zero-order chi connectivity index (χ0) is 13.9. The monoisotopic (exact) mass is 246 g/mol. The molecule has 0 bridgehead atoms. The van der Waals surface area contributed by atoms with Gasteiger partial charge < -0.3 is 10.1 Å². The summed E-state index contributed by atoms with van der Waals surface area (Å²) in [5, 5.41) is 13.1. The molecule has 6 heteroatoms. The maximum Gasteiger partial charge on any atom is 0.408 e. The van der Waals surface area contributed by atoms with Gasteiger partial charge >= 0.3 is 6.09 Å². The fourth-order valence-corrected chi connectivity index (χ4v) is 1.13. The van der Waals surface area contributed by atoms with Gasteiger partial charge in [0.15, 0.2) is 0 Å². The van der Waals surface area contributed by atoms with Gasteiger partial charge in [-0.25, -0.2) is 4.79 Å². The van der Waals surface area contributed by atoms with Crippen molar-refractivity contribution in [1.82, 2.24) is 5.32 Å². The molecule has 6 nitrogen and oxygen atoms in total. The van der Waals surface area contributed by atoms with Crippen LogP contribution in [0.15, 0.2) is 0 Å². The summed E-state index contributed by atoms with van der Waals surface area (Å²) in [5.74, 6) is 0. The van der Waals surface area contributed by atoms with Gasteiger partial charge in [-0.1, -0.05) is 20.8 Å². The molecule has 0 aromatic carbocycles. The van der Waals surface area contributed by atoms with Crippen molar-refractivity contribution in [2.24, 2.45) is 5.41 Å². The van der Waals surface area contributed by atoms with Gasteiger partial charge in [-0.15, -0.1) is 0 Å². The molecule has 1 atom stereocenters. The van der Waals surface area contributed by atoms with Crippen LogP contribution < -0.4 is 5.32 Å². The lowest BCUT2D eigenvalue weighted by Crippen LogP contribution is -2.49. The Morgan fingerprint density at radius 3 is 2.06 bits per heavy atom. The molecule has 0 aliphatic rings. The van der Waals surface area contributed by atoms with Crippen molar-refractivity contribution in [3.05, 3.63) is 10.1 Å². The van der Waals surface area contributed by atoms with Crippen molar-refractivity contribution < 1.29 is 14.5 Å². The van der Waals surface area contributed by atoms with Crippen molar-refractivity contribution in [3.63, 3.8) is 0 Å². The Hall–Kier alpha value is -1.33. The van der Waals surface area contributed by atoms with E-state index in [4.69, 9.17) is 4.74 Å². The van der Waals surface area contributed by atoms with Crippen LogP contribution in [0, 0.1) is 15.5 Å². The normalized spacial score (nSPS) is 14.0. The first-order valence-electron chi connectivity index (χ1n) is 5.53. The highest BCUT2D eigenvalue weighted by atomic mass is 16.6. The molecule has 0 aromatic rings. The second-order valence-corrected chi connectivity index (χ2v) is 6.08. The molecule has 17 heavy (non-hydrogen) atoms. The summed E-state index contributed by atoms with van der Waals surface area (Å²) in [6.07, 6.45) is -0.626. The summed E-state index contributed by atoms with van der Waals surface area (Å²) in [6, 6.07) is -0.563. The zero-order valence-corrected chi connectivity index (χ0v) is 11.4. The molecule has 0 aromatic heterocycles. The van der Waals surface area contributed by atoms with Gasteiger partial charge in [0.1, 0.15) is 11.6 Å². The van der Waals surface area contributed by atoms with Crippen LogP contribution in [0.5, 0.6) is 0 Å². The maximum atomic E-state index is 11.5. The third-order valence-electron chi connectivity index (χ3n) is 2.07. The number of carbonyl (C=O) groups excluding carboxylic acids is 1. The van der Waals surface area contributed by atoms with Gasteiger partial charge in [-0.05, 0) is 26.2 Å². The number of rotatable bonds is 3. The van der Waals surface area contributed by atoms with Crippen LogP contribution >= 0.6 is 0 Å². The molecule has 1 amide bonds. The zero-order valence-electron chi connectivity index (χ0n) is 11.4. The van der Waals surface area contributed by atoms with Crippen LogP contribution in [0.25, 0.3) is 0 Å². The number of ether oxygens (including phenoxy) is 1. The summed E-state index contributed by atoms with van der Waals surface area (Å²) in [5.41, 5.74) is -1.01. The second-order valence-electron chi connectivity index (χ2n) is 6.08. The first-order chi connectivity index (χ1) is 7.42. The Labute approximate surface area is 102 Å². The average Bonchev–Trinajstić information content (AvgIpc) is 1.95. The first-order valence-corrected chi connectivity index (χ1v) is 5.53. The third-order valence-corrected chi connectivity index (χ3v) is 2.07. The van der Waals surface area contributed by atoms with Gasteiger partial charge in [0.05, 0.1) is 0 Å². The largest absolute Gasteiger partial charge is 0.444 e. The summed E-state index contributed by atoms with van der Waals surface area (Å²) in [7, 11) is 0. The highest BCUT2D eigenvalue weighted by Crippen LogP contribution is 2.20. The van der Waals surface area contributed by atoms with Crippen molar-refractivity contribution in [3.8, 4) is 0 Å². The van der Waals surface area contributed by atoms with E-state index in [9.17, 15) is 14.9 Å². The first kappa shape index (κ1) is 15.7. The van der Waals surface area contributed by atoms with Gasteiger partial charge in [-0.2, -0.15) is 0 Å². The van der Waals surface area contributed by atoms with Crippen LogP contribution in [-0.2, 0) is 4.74 Å². The molecule has 0 heterocycles. The molecule has 0 radical (unpaired) electrons. The minimum atomic E-state index is -0.626. The van der Waals surface area contributed by atoms with E-state index in [0.29, 0.717) is 0 Å². The van der Waals surface area contributed by atoms with Gasteiger partial charge in [0.2, 0.25) is 6.54 Å². The fourth-order valence-electron chi connectivity index (χ4n) is 1.13. The Morgan fingerprint density at radius 2 is 1.76 bits per heavy atom. The van der Waals surface area contributed by atoms with Gasteiger partial charge in [-0.3, -0.25) is 10.1 Å². The number of hydrogen-bond acceptors (Lipinski definition) is 4. The lowest BCUT2D eigenvalue weighted by atomic mass is 9.87. The molecule has 0 saturated heterocycles. The van der Waals surface area contributed by atoms with E-state index in [-0.39, 0.29) is 6.54 Å². The number of nitro groups is 1. The smallest absolute Gasteiger partial charge is 0.408 e. The number of alkyl carbamates (subject to hydrolysis) is 1. The van der Waals surface area contributed by atoms with Crippen LogP contribution in [0.2, 0.25) is 0 Å². The van der Waals surface area contributed by atoms with Gasteiger partial charge in [0, 0.05) is 4.92 Å². The number of nitrogens with one attached hydrogen (secondary N) is 1. The molecular formula is C11H22N2O4. The van der Waals surface area contributed by atoms with Crippen LogP contribution in [0.3, 0.4) is 0 Å². The maximum absolute atomic E-state index is 11.5. The minimum absolute atomic E-state index is 0.317. The molecule has 0 spiro atoms. The molecule has 0 rings (SSSR count). The van der Waals surface area contributed by atoms with E-state index < -0.39 is 28.1 Å². The number of nitrogens with zero attached hydrogens (tertiary/aromatic N) is 1. The molecule has 0 aliphatic heterocycles. The molecule has 0 saturated carbocycles. The molecule has 100 valence electrons. The summed E-state index contributed by atoms with van der Waals surface area (Å²) in [4.78, 5) is 21.6. The van der Waals surface area contributed by atoms with Crippen LogP contribution in [0.4, 0.5) is 4.79 Å². The highest BCUT2D eigenvalue weighted by molar-refractivity contribution is 5.68. The predicted octanol–water partition coefficient (Wildman–Crippen LogP) is 2.20. The van der Waals surface area contributed by atoms with E-state index in [1.165, 1.54) is 0 Å². The van der Waals surface area contributed by atoms with E-state index in [0.717, 1.165) is 0 Å². The Balaban J connectivity index is 4.55. The molecule has 0 fully saturated rings. The predicted molar refractivity (Wildman–Crippen MR) is 64.5 cm³/mol. The number of amides is 1. The van der Waals surface area contributed by atoms with Crippen molar-refractivity contribution in [1.29, 1.82) is 0 Å². The van der Waals surface area contributed by atoms with E-state index in [2.05, 4.69) is 5.32 Å². The molecule has 1 unspecified atom stereocenters. The Morgan fingerprint density at radius 1 is 1.29 bits per heavy atom. The number of carbonyl (C=O) groups is 1. The van der Waals surface area contributed by atoms with Crippen LogP contribution in [-0.4, -0.2) is 29.2 Å². The SMILES string of the molecule is CC(C)(C)OC(=O)NC(C[N+](=O)[O-])C(C)(C)C. The van der Waals surface area contributed by atoms with Crippen molar-refractivity contribution in [2.75, 3.05) is 6.54 Å². The summed E-state index contributed by atoms with van der Waals surface area (Å²) < 4.78 is 5.07. The lowest BCUT2D eigenvalue weighted by Gasteiger charge is -2.29. The van der Waals surface area contributed by atoms with Gasteiger partial charge in [0.25, 0.3) is 0 Å². The fraction of sp³-hybridized carbons (Fsp3) is 0.909. The Kier molecular flexibility index (Phi) is 4.92. The van der Waals surface area contributed by atoms with Crippen molar-refractivity contribution in [2.45, 2.75) is 53.2 Å².